The van der Waals surface area contributed by atoms with Crippen LogP contribution in [-0.2, 0) is 16.8 Å². The monoisotopic (exact) mass is 300 g/mol. The number of aliphatic imine (C=N–C) groups is 1. The number of aryl methyl sites for hydroxylation is 1. The Morgan fingerprint density at radius 1 is 1.27 bits per heavy atom. The third-order valence-electron chi connectivity index (χ3n) is 5.22. The van der Waals surface area contributed by atoms with Gasteiger partial charge in [0.15, 0.2) is 0 Å². The van der Waals surface area contributed by atoms with Crippen LogP contribution in [0.25, 0.3) is 0 Å². The van der Waals surface area contributed by atoms with E-state index in [9.17, 15) is 0 Å². The number of rotatable bonds is 3. The normalized spacial score (nSPS) is 20.3. The second-order valence-corrected chi connectivity index (χ2v) is 6.77. The molecule has 1 aliphatic carbocycles. The first kappa shape index (κ1) is 15.5. The molecule has 0 bridgehead atoms. The Morgan fingerprint density at radius 2 is 2.05 bits per heavy atom. The van der Waals surface area contributed by atoms with E-state index >= 15 is 0 Å². The van der Waals surface area contributed by atoms with Gasteiger partial charge in [-0.1, -0.05) is 25.3 Å². The Kier molecular flexibility index (Phi) is 4.53. The van der Waals surface area contributed by atoms with Crippen LogP contribution < -0.4 is 0 Å². The summed E-state index contributed by atoms with van der Waals surface area (Å²) in [7, 11) is 2.06. The van der Waals surface area contributed by atoms with E-state index in [2.05, 4.69) is 42.9 Å². The third-order valence-corrected chi connectivity index (χ3v) is 5.22. The highest BCUT2D eigenvalue weighted by atomic mass is 16.5. The van der Waals surface area contributed by atoms with Gasteiger partial charge in [-0.05, 0) is 55.9 Å². The summed E-state index contributed by atoms with van der Waals surface area (Å²) >= 11 is 0. The van der Waals surface area contributed by atoms with Crippen molar-refractivity contribution >= 4 is 12.0 Å². The van der Waals surface area contributed by atoms with Gasteiger partial charge in [0, 0.05) is 13.6 Å². The van der Waals surface area contributed by atoms with Gasteiger partial charge in [0.1, 0.15) is 0 Å². The van der Waals surface area contributed by atoms with E-state index in [0.717, 1.165) is 25.3 Å². The SMILES string of the molecule is CCN(C)C=Nc1cc2c(cc1C)C1(CCCCC1)OCC2. The molecule has 0 unspecified atom stereocenters. The first-order chi connectivity index (χ1) is 10.6. The lowest BCUT2D eigenvalue weighted by molar-refractivity contribution is -0.0847. The number of ether oxygens (including phenoxy) is 1. The van der Waals surface area contributed by atoms with Crippen LogP contribution in [0.5, 0.6) is 0 Å². The average molecular weight is 300 g/mol. The molecule has 1 aliphatic heterocycles. The molecule has 1 aromatic carbocycles. The van der Waals surface area contributed by atoms with Crippen molar-refractivity contribution in [2.75, 3.05) is 20.2 Å². The first-order valence-corrected chi connectivity index (χ1v) is 8.67. The Balaban J connectivity index is 1.95. The van der Waals surface area contributed by atoms with Gasteiger partial charge in [-0.15, -0.1) is 0 Å². The Bertz CT molecular complexity index is 559. The molecule has 1 saturated carbocycles. The second kappa shape index (κ2) is 6.41. The molecule has 0 N–H and O–H groups in total. The van der Waals surface area contributed by atoms with E-state index in [-0.39, 0.29) is 5.60 Å². The van der Waals surface area contributed by atoms with Gasteiger partial charge in [-0.25, -0.2) is 4.99 Å². The largest absolute Gasteiger partial charge is 0.370 e. The van der Waals surface area contributed by atoms with Crippen LogP contribution in [0.2, 0.25) is 0 Å². The van der Waals surface area contributed by atoms with E-state index < -0.39 is 0 Å². The summed E-state index contributed by atoms with van der Waals surface area (Å²) < 4.78 is 6.30. The van der Waals surface area contributed by atoms with Crippen LogP contribution in [0, 0.1) is 6.92 Å². The summed E-state index contributed by atoms with van der Waals surface area (Å²) in [6.07, 6.45) is 9.25. The average Bonchev–Trinajstić information content (AvgIpc) is 2.54. The van der Waals surface area contributed by atoms with Crippen molar-refractivity contribution in [2.24, 2.45) is 4.99 Å². The van der Waals surface area contributed by atoms with Gasteiger partial charge in [-0.2, -0.15) is 0 Å². The quantitative estimate of drug-likeness (QED) is 0.613. The molecule has 1 fully saturated rings. The molecular formula is C19H28N2O. The molecule has 1 heterocycles. The van der Waals surface area contributed by atoms with Crippen LogP contribution in [0.15, 0.2) is 17.1 Å². The first-order valence-electron chi connectivity index (χ1n) is 8.67. The zero-order valence-electron chi connectivity index (χ0n) is 14.2. The van der Waals surface area contributed by atoms with E-state index in [1.807, 2.05) is 6.34 Å². The Morgan fingerprint density at radius 3 is 2.77 bits per heavy atom. The summed E-state index contributed by atoms with van der Waals surface area (Å²) in [4.78, 5) is 6.78. The van der Waals surface area contributed by atoms with Crippen molar-refractivity contribution in [1.82, 2.24) is 4.90 Å². The van der Waals surface area contributed by atoms with Gasteiger partial charge in [0.2, 0.25) is 0 Å². The van der Waals surface area contributed by atoms with Gasteiger partial charge in [0.05, 0.1) is 24.2 Å². The molecule has 0 amide bonds. The van der Waals surface area contributed by atoms with Crippen molar-refractivity contribution < 1.29 is 4.74 Å². The van der Waals surface area contributed by atoms with Gasteiger partial charge < -0.3 is 9.64 Å². The molecule has 0 radical (unpaired) electrons. The standard InChI is InChI=1S/C19H28N2O/c1-4-21(3)14-20-18-13-16-8-11-22-19(9-6-5-7-10-19)17(16)12-15(18)2/h12-14H,4-11H2,1-3H3. The maximum absolute atomic E-state index is 6.30. The number of hydrogen-bond acceptors (Lipinski definition) is 2. The zero-order valence-corrected chi connectivity index (χ0v) is 14.2. The van der Waals surface area contributed by atoms with Crippen molar-refractivity contribution in [3.63, 3.8) is 0 Å². The lowest BCUT2D eigenvalue weighted by Gasteiger charge is -2.42. The van der Waals surface area contributed by atoms with E-state index in [4.69, 9.17) is 4.74 Å². The molecule has 1 spiro atoms. The molecule has 3 heteroatoms. The zero-order chi connectivity index (χ0) is 15.6. The molecule has 3 rings (SSSR count). The smallest absolute Gasteiger partial charge is 0.0934 e. The van der Waals surface area contributed by atoms with Crippen LogP contribution in [0.4, 0.5) is 5.69 Å². The highest BCUT2D eigenvalue weighted by Gasteiger charge is 2.39. The Labute approximate surface area is 134 Å². The minimum Gasteiger partial charge on any atom is -0.370 e. The van der Waals surface area contributed by atoms with Gasteiger partial charge in [-0.3, -0.25) is 0 Å². The minimum absolute atomic E-state index is 0.000945. The van der Waals surface area contributed by atoms with E-state index in [1.54, 1.807) is 0 Å². The fraction of sp³-hybridized carbons (Fsp3) is 0.632. The summed E-state index contributed by atoms with van der Waals surface area (Å²) in [5.74, 6) is 0. The van der Waals surface area contributed by atoms with E-state index in [1.165, 1.54) is 48.8 Å². The predicted molar refractivity (Wildman–Crippen MR) is 92.1 cm³/mol. The minimum atomic E-state index is -0.000945. The molecule has 3 nitrogen and oxygen atoms in total. The maximum Gasteiger partial charge on any atom is 0.0934 e. The molecule has 0 aromatic heterocycles. The van der Waals surface area contributed by atoms with Crippen LogP contribution in [0.1, 0.15) is 55.7 Å². The van der Waals surface area contributed by atoms with Crippen LogP contribution in [-0.4, -0.2) is 31.4 Å². The summed E-state index contributed by atoms with van der Waals surface area (Å²) in [5.41, 5.74) is 5.25. The summed E-state index contributed by atoms with van der Waals surface area (Å²) in [6.45, 7) is 6.14. The van der Waals surface area contributed by atoms with Crippen LogP contribution in [0.3, 0.4) is 0 Å². The number of nitrogens with zero attached hydrogens (tertiary/aromatic N) is 2. The van der Waals surface area contributed by atoms with Crippen molar-refractivity contribution in [2.45, 2.75) is 58.0 Å². The molecule has 22 heavy (non-hydrogen) atoms. The third kappa shape index (κ3) is 2.91. The molecular weight excluding hydrogens is 272 g/mol. The van der Waals surface area contributed by atoms with Crippen molar-refractivity contribution in [3.8, 4) is 0 Å². The van der Waals surface area contributed by atoms with Crippen LogP contribution >= 0.6 is 0 Å². The lowest BCUT2D eigenvalue weighted by atomic mass is 9.75. The predicted octanol–water partition coefficient (Wildman–Crippen LogP) is 4.34. The van der Waals surface area contributed by atoms with Crippen molar-refractivity contribution in [3.05, 3.63) is 28.8 Å². The summed E-state index contributed by atoms with van der Waals surface area (Å²) in [6, 6.07) is 4.64. The number of hydrogen-bond donors (Lipinski definition) is 0. The fourth-order valence-corrected chi connectivity index (χ4v) is 3.72. The molecule has 0 saturated heterocycles. The topological polar surface area (TPSA) is 24.8 Å². The van der Waals surface area contributed by atoms with Gasteiger partial charge in [0.25, 0.3) is 0 Å². The fourth-order valence-electron chi connectivity index (χ4n) is 3.72. The Hall–Kier alpha value is -1.35. The molecule has 2 aliphatic rings. The second-order valence-electron chi connectivity index (χ2n) is 6.77. The molecule has 1 aromatic rings. The van der Waals surface area contributed by atoms with Crippen molar-refractivity contribution in [1.29, 1.82) is 0 Å². The van der Waals surface area contributed by atoms with E-state index in [0.29, 0.717) is 0 Å². The highest BCUT2D eigenvalue weighted by Crippen LogP contribution is 2.45. The van der Waals surface area contributed by atoms with Gasteiger partial charge >= 0.3 is 0 Å². The number of fused-ring (bicyclic) bond motifs is 2. The molecule has 0 atom stereocenters. The highest BCUT2D eigenvalue weighted by molar-refractivity contribution is 5.64. The molecule has 120 valence electrons. The maximum atomic E-state index is 6.30. The number of benzene rings is 1. The lowest BCUT2D eigenvalue weighted by Crippen LogP contribution is -2.37. The summed E-state index contributed by atoms with van der Waals surface area (Å²) in [5, 5.41) is 0.